The number of carbonyl (C=O) groups excluding carboxylic acids is 1. The minimum Gasteiger partial charge on any atom is -0.298 e. The molecule has 0 N–H and O–H groups in total. The smallest absolute Gasteiger partial charge is 0.150 e. The highest BCUT2D eigenvalue weighted by Crippen LogP contribution is 2.26. The van der Waals surface area contributed by atoms with Crippen LogP contribution in [0.3, 0.4) is 0 Å². The van der Waals surface area contributed by atoms with Gasteiger partial charge in [-0.2, -0.15) is 5.10 Å². The number of aldehydes is 1. The molecule has 0 unspecified atom stereocenters. The highest BCUT2D eigenvalue weighted by molar-refractivity contribution is 5.87. The molecule has 3 nitrogen and oxygen atoms in total. The SMILES string of the molecule is CCn1cc(-c2cc(F)ccc2C=O)c(C)n1. The van der Waals surface area contributed by atoms with Gasteiger partial charge in [0.2, 0.25) is 0 Å². The van der Waals surface area contributed by atoms with E-state index < -0.39 is 0 Å². The summed E-state index contributed by atoms with van der Waals surface area (Å²) in [7, 11) is 0. The molecule has 0 aliphatic heterocycles. The van der Waals surface area contributed by atoms with Crippen LogP contribution in [-0.4, -0.2) is 16.1 Å². The summed E-state index contributed by atoms with van der Waals surface area (Å²) in [6.07, 6.45) is 2.56. The van der Waals surface area contributed by atoms with Gasteiger partial charge >= 0.3 is 0 Å². The van der Waals surface area contributed by atoms with E-state index in [0.717, 1.165) is 24.1 Å². The van der Waals surface area contributed by atoms with Crippen molar-refractivity contribution in [1.29, 1.82) is 0 Å². The molecule has 0 aliphatic rings. The van der Waals surface area contributed by atoms with Crippen LogP contribution in [0.15, 0.2) is 24.4 Å². The van der Waals surface area contributed by atoms with Gasteiger partial charge in [0.1, 0.15) is 5.82 Å². The number of rotatable bonds is 3. The summed E-state index contributed by atoms with van der Waals surface area (Å²) in [5.41, 5.74) is 2.66. The Balaban J connectivity index is 2.62. The Morgan fingerprint density at radius 2 is 2.18 bits per heavy atom. The van der Waals surface area contributed by atoms with Gasteiger partial charge in [0.25, 0.3) is 0 Å². The Morgan fingerprint density at radius 1 is 1.41 bits per heavy atom. The number of hydrogen-bond acceptors (Lipinski definition) is 2. The molecule has 0 atom stereocenters. The Kier molecular flexibility index (Phi) is 3.04. The summed E-state index contributed by atoms with van der Waals surface area (Å²) in [4.78, 5) is 10.9. The van der Waals surface area contributed by atoms with Crippen LogP contribution >= 0.6 is 0 Å². The molecule has 0 saturated carbocycles. The maximum absolute atomic E-state index is 13.2. The topological polar surface area (TPSA) is 34.9 Å². The minimum absolute atomic E-state index is 0.353. The van der Waals surface area contributed by atoms with Crippen molar-refractivity contribution in [2.75, 3.05) is 0 Å². The van der Waals surface area contributed by atoms with Gasteiger partial charge in [-0.25, -0.2) is 4.39 Å². The van der Waals surface area contributed by atoms with Crippen molar-refractivity contribution >= 4 is 6.29 Å². The molecule has 88 valence electrons. The molecule has 2 aromatic rings. The van der Waals surface area contributed by atoms with Gasteiger partial charge in [-0.15, -0.1) is 0 Å². The fourth-order valence-electron chi connectivity index (χ4n) is 1.81. The van der Waals surface area contributed by atoms with Gasteiger partial charge in [0.15, 0.2) is 6.29 Å². The molecular weight excluding hydrogens is 219 g/mol. The first kappa shape index (κ1) is 11.5. The summed E-state index contributed by atoms with van der Waals surface area (Å²) >= 11 is 0. The average Bonchev–Trinajstić information content (AvgIpc) is 2.70. The zero-order valence-corrected chi connectivity index (χ0v) is 9.77. The first-order chi connectivity index (χ1) is 8.15. The maximum atomic E-state index is 13.2. The first-order valence-electron chi connectivity index (χ1n) is 5.45. The van der Waals surface area contributed by atoms with Crippen LogP contribution in [0.1, 0.15) is 23.0 Å². The van der Waals surface area contributed by atoms with Gasteiger partial charge in [-0.05, 0) is 37.6 Å². The lowest BCUT2D eigenvalue weighted by Crippen LogP contribution is -1.93. The molecule has 1 aromatic heterocycles. The average molecular weight is 232 g/mol. The lowest BCUT2D eigenvalue weighted by molar-refractivity contribution is 0.112. The second kappa shape index (κ2) is 4.49. The summed E-state index contributed by atoms with van der Waals surface area (Å²) < 4.78 is 15.0. The van der Waals surface area contributed by atoms with E-state index in [-0.39, 0.29) is 5.82 Å². The van der Waals surface area contributed by atoms with E-state index in [1.54, 1.807) is 4.68 Å². The molecule has 0 fully saturated rings. The number of halogens is 1. The van der Waals surface area contributed by atoms with Gasteiger partial charge in [-0.3, -0.25) is 9.48 Å². The molecule has 1 heterocycles. The number of aromatic nitrogens is 2. The van der Waals surface area contributed by atoms with Crippen LogP contribution in [0.25, 0.3) is 11.1 Å². The van der Waals surface area contributed by atoms with Crippen molar-refractivity contribution in [1.82, 2.24) is 9.78 Å². The zero-order valence-electron chi connectivity index (χ0n) is 9.77. The third-order valence-electron chi connectivity index (χ3n) is 2.70. The van der Waals surface area contributed by atoms with Crippen LogP contribution in [0.5, 0.6) is 0 Å². The van der Waals surface area contributed by atoms with Crippen molar-refractivity contribution < 1.29 is 9.18 Å². The third kappa shape index (κ3) is 2.11. The van der Waals surface area contributed by atoms with Crippen molar-refractivity contribution in [3.05, 3.63) is 41.5 Å². The van der Waals surface area contributed by atoms with E-state index >= 15 is 0 Å². The Labute approximate surface area is 98.9 Å². The van der Waals surface area contributed by atoms with Crippen LogP contribution in [0, 0.1) is 12.7 Å². The van der Waals surface area contributed by atoms with Gasteiger partial charge < -0.3 is 0 Å². The predicted molar refractivity (Wildman–Crippen MR) is 63.4 cm³/mol. The van der Waals surface area contributed by atoms with Crippen LogP contribution in [-0.2, 0) is 6.54 Å². The van der Waals surface area contributed by atoms with E-state index in [0.29, 0.717) is 11.1 Å². The van der Waals surface area contributed by atoms with Gasteiger partial charge in [-0.1, -0.05) is 0 Å². The van der Waals surface area contributed by atoms with Crippen LogP contribution < -0.4 is 0 Å². The Bertz CT molecular complexity index is 561. The monoisotopic (exact) mass is 232 g/mol. The number of hydrogen-bond donors (Lipinski definition) is 0. The summed E-state index contributed by atoms with van der Waals surface area (Å²) in [5, 5.41) is 4.29. The summed E-state index contributed by atoms with van der Waals surface area (Å²) in [6, 6.07) is 4.14. The highest BCUT2D eigenvalue weighted by Gasteiger charge is 2.11. The minimum atomic E-state index is -0.353. The Hall–Kier alpha value is -1.97. The lowest BCUT2D eigenvalue weighted by Gasteiger charge is -2.03. The fraction of sp³-hybridized carbons (Fsp3) is 0.231. The second-order valence-corrected chi connectivity index (χ2v) is 3.83. The second-order valence-electron chi connectivity index (χ2n) is 3.83. The largest absolute Gasteiger partial charge is 0.298 e. The van der Waals surface area contributed by atoms with Crippen molar-refractivity contribution in [3.8, 4) is 11.1 Å². The van der Waals surface area contributed by atoms with Crippen molar-refractivity contribution in [3.63, 3.8) is 0 Å². The molecule has 17 heavy (non-hydrogen) atoms. The standard InChI is InChI=1S/C13H13FN2O/c1-3-16-7-13(9(2)15-16)12-6-11(14)5-4-10(12)8-17/h4-8H,3H2,1-2H3. The number of carbonyl (C=O) groups is 1. The quantitative estimate of drug-likeness (QED) is 0.763. The first-order valence-corrected chi connectivity index (χ1v) is 5.45. The van der Waals surface area contributed by atoms with Gasteiger partial charge in [0, 0.05) is 23.9 Å². The van der Waals surface area contributed by atoms with E-state index in [9.17, 15) is 9.18 Å². The molecule has 4 heteroatoms. The van der Waals surface area contributed by atoms with E-state index in [1.165, 1.54) is 18.2 Å². The Morgan fingerprint density at radius 3 is 2.76 bits per heavy atom. The number of benzene rings is 1. The number of aryl methyl sites for hydroxylation is 2. The maximum Gasteiger partial charge on any atom is 0.150 e. The highest BCUT2D eigenvalue weighted by atomic mass is 19.1. The zero-order chi connectivity index (χ0) is 12.4. The van der Waals surface area contributed by atoms with Crippen molar-refractivity contribution in [2.45, 2.75) is 20.4 Å². The molecule has 0 radical (unpaired) electrons. The lowest BCUT2D eigenvalue weighted by atomic mass is 10.0. The molecule has 1 aromatic carbocycles. The molecular formula is C13H13FN2O. The summed E-state index contributed by atoms with van der Waals surface area (Å²) in [5.74, 6) is -0.353. The third-order valence-corrected chi connectivity index (χ3v) is 2.70. The normalized spacial score (nSPS) is 10.5. The van der Waals surface area contributed by atoms with E-state index in [4.69, 9.17) is 0 Å². The predicted octanol–water partition coefficient (Wildman–Crippen LogP) is 2.83. The van der Waals surface area contributed by atoms with Gasteiger partial charge in [0.05, 0.1) is 5.69 Å². The molecule has 0 saturated heterocycles. The molecule has 0 bridgehead atoms. The van der Waals surface area contributed by atoms with Crippen molar-refractivity contribution in [2.24, 2.45) is 0 Å². The molecule has 2 rings (SSSR count). The summed E-state index contributed by atoms with van der Waals surface area (Å²) in [6.45, 7) is 4.57. The van der Waals surface area contributed by atoms with Crippen LogP contribution in [0.4, 0.5) is 4.39 Å². The molecule has 0 spiro atoms. The molecule has 0 amide bonds. The van der Waals surface area contributed by atoms with E-state index in [2.05, 4.69) is 5.10 Å². The molecule has 0 aliphatic carbocycles. The number of nitrogens with zero attached hydrogens (tertiary/aromatic N) is 2. The fourth-order valence-corrected chi connectivity index (χ4v) is 1.81. The van der Waals surface area contributed by atoms with E-state index in [1.807, 2.05) is 20.0 Å². The van der Waals surface area contributed by atoms with Crippen LogP contribution in [0.2, 0.25) is 0 Å².